The molecule has 0 bridgehead atoms. The van der Waals surface area contributed by atoms with E-state index in [0.29, 0.717) is 0 Å². The third kappa shape index (κ3) is 2.33. The molecule has 0 N–H and O–H groups in total. The van der Waals surface area contributed by atoms with Crippen LogP contribution in [0.2, 0.25) is 0 Å². The summed E-state index contributed by atoms with van der Waals surface area (Å²) in [6, 6.07) is 0. The van der Waals surface area contributed by atoms with E-state index in [1.807, 2.05) is 0 Å². The van der Waals surface area contributed by atoms with Gasteiger partial charge in [-0.25, -0.2) is 4.98 Å². The zero-order chi connectivity index (χ0) is 9.84. The van der Waals surface area contributed by atoms with Gasteiger partial charge in [-0.3, -0.25) is 0 Å². The van der Waals surface area contributed by atoms with Crippen LogP contribution in [0.4, 0.5) is 0 Å². The van der Waals surface area contributed by atoms with Crippen LogP contribution in [0, 0.1) is 0 Å². The summed E-state index contributed by atoms with van der Waals surface area (Å²) in [6.07, 6.45) is 4.60. The molecule has 74 valence electrons. The maximum atomic E-state index is 4.46. The quantitative estimate of drug-likeness (QED) is 0.797. The molecular formula is C10H17BrN2. The SMILES string of the molecule is CCCCc1c(Br)nc(CC)n1C. The fourth-order valence-corrected chi connectivity index (χ4v) is 2.15. The van der Waals surface area contributed by atoms with E-state index in [1.54, 1.807) is 0 Å². The maximum absolute atomic E-state index is 4.46. The van der Waals surface area contributed by atoms with Crippen molar-refractivity contribution in [2.24, 2.45) is 7.05 Å². The van der Waals surface area contributed by atoms with Crippen molar-refractivity contribution in [3.63, 3.8) is 0 Å². The summed E-state index contributed by atoms with van der Waals surface area (Å²) in [5, 5.41) is 0. The highest BCUT2D eigenvalue weighted by atomic mass is 79.9. The van der Waals surface area contributed by atoms with E-state index in [4.69, 9.17) is 0 Å². The summed E-state index contributed by atoms with van der Waals surface area (Å²) < 4.78 is 3.24. The lowest BCUT2D eigenvalue weighted by Crippen LogP contribution is -2.00. The molecule has 0 unspecified atom stereocenters. The molecule has 0 spiro atoms. The Kier molecular flexibility index (Phi) is 3.97. The topological polar surface area (TPSA) is 17.8 Å². The Balaban J connectivity index is 2.85. The molecule has 0 aromatic carbocycles. The van der Waals surface area contributed by atoms with Gasteiger partial charge in [-0.15, -0.1) is 0 Å². The molecule has 2 nitrogen and oxygen atoms in total. The van der Waals surface area contributed by atoms with Gasteiger partial charge in [0.2, 0.25) is 0 Å². The van der Waals surface area contributed by atoms with Crippen LogP contribution in [0.3, 0.4) is 0 Å². The Hall–Kier alpha value is -0.310. The van der Waals surface area contributed by atoms with Crippen molar-refractivity contribution in [2.45, 2.75) is 39.5 Å². The Bertz CT molecular complexity index is 279. The van der Waals surface area contributed by atoms with Gasteiger partial charge in [-0.05, 0) is 28.8 Å². The minimum Gasteiger partial charge on any atom is -0.334 e. The summed E-state index contributed by atoms with van der Waals surface area (Å²) in [4.78, 5) is 4.46. The monoisotopic (exact) mass is 244 g/mol. The number of hydrogen-bond donors (Lipinski definition) is 0. The number of aryl methyl sites for hydroxylation is 1. The second-order valence-electron chi connectivity index (χ2n) is 3.28. The molecular weight excluding hydrogens is 228 g/mol. The second kappa shape index (κ2) is 4.80. The Labute approximate surface area is 88.5 Å². The standard InChI is InChI=1S/C10H17BrN2/c1-4-6-7-8-10(11)12-9(5-2)13(8)3/h4-7H2,1-3H3. The lowest BCUT2D eigenvalue weighted by atomic mass is 10.2. The van der Waals surface area contributed by atoms with E-state index in [9.17, 15) is 0 Å². The molecule has 0 saturated carbocycles. The second-order valence-corrected chi connectivity index (χ2v) is 4.03. The van der Waals surface area contributed by atoms with Gasteiger partial charge >= 0.3 is 0 Å². The molecule has 1 heterocycles. The Morgan fingerprint density at radius 3 is 2.54 bits per heavy atom. The first-order chi connectivity index (χ1) is 6.20. The van der Waals surface area contributed by atoms with Crippen LogP contribution in [-0.2, 0) is 19.9 Å². The summed E-state index contributed by atoms with van der Waals surface area (Å²) >= 11 is 3.51. The zero-order valence-corrected chi connectivity index (χ0v) is 10.2. The van der Waals surface area contributed by atoms with Crippen LogP contribution in [0.25, 0.3) is 0 Å². The van der Waals surface area contributed by atoms with Crippen molar-refractivity contribution in [1.29, 1.82) is 0 Å². The first-order valence-electron chi connectivity index (χ1n) is 4.90. The van der Waals surface area contributed by atoms with Crippen LogP contribution in [0.1, 0.15) is 38.2 Å². The number of nitrogens with zero attached hydrogens (tertiary/aromatic N) is 2. The fourth-order valence-electron chi connectivity index (χ4n) is 1.48. The maximum Gasteiger partial charge on any atom is 0.127 e. The molecule has 1 aromatic rings. The highest BCUT2D eigenvalue weighted by molar-refractivity contribution is 9.10. The number of hydrogen-bond acceptors (Lipinski definition) is 1. The number of aromatic nitrogens is 2. The van der Waals surface area contributed by atoms with Crippen molar-refractivity contribution in [1.82, 2.24) is 9.55 Å². The van der Waals surface area contributed by atoms with Crippen molar-refractivity contribution >= 4 is 15.9 Å². The van der Waals surface area contributed by atoms with E-state index in [-0.39, 0.29) is 0 Å². The van der Waals surface area contributed by atoms with Crippen molar-refractivity contribution in [2.75, 3.05) is 0 Å². The first kappa shape index (κ1) is 10.8. The molecule has 0 fully saturated rings. The summed E-state index contributed by atoms with van der Waals surface area (Å²) in [5.41, 5.74) is 1.33. The molecule has 1 rings (SSSR count). The van der Waals surface area contributed by atoms with E-state index >= 15 is 0 Å². The van der Waals surface area contributed by atoms with Gasteiger partial charge in [-0.2, -0.15) is 0 Å². The van der Waals surface area contributed by atoms with Crippen LogP contribution in [0.15, 0.2) is 4.60 Å². The lowest BCUT2D eigenvalue weighted by molar-refractivity contribution is 0.708. The third-order valence-electron chi connectivity index (χ3n) is 2.34. The van der Waals surface area contributed by atoms with Crippen molar-refractivity contribution < 1.29 is 0 Å². The van der Waals surface area contributed by atoms with Gasteiger partial charge < -0.3 is 4.57 Å². The molecule has 0 aliphatic rings. The molecule has 13 heavy (non-hydrogen) atoms. The van der Waals surface area contributed by atoms with E-state index in [1.165, 1.54) is 18.5 Å². The molecule has 0 saturated heterocycles. The number of rotatable bonds is 4. The molecule has 0 aliphatic carbocycles. The van der Waals surface area contributed by atoms with Gasteiger partial charge in [0.25, 0.3) is 0 Å². The van der Waals surface area contributed by atoms with Gasteiger partial charge in [0.15, 0.2) is 0 Å². The summed E-state index contributed by atoms with van der Waals surface area (Å²) in [6.45, 7) is 4.35. The average Bonchev–Trinajstić information content (AvgIpc) is 2.39. The summed E-state index contributed by atoms with van der Waals surface area (Å²) in [7, 11) is 2.10. The van der Waals surface area contributed by atoms with Gasteiger partial charge in [0.1, 0.15) is 10.4 Å². The van der Waals surface area contributed by atoms with E-state index < -0.39 is 0 Å². The molecule has 0 atom stereocenters. The van der Waals surface area contributed by atoms with Gasteiger partial charge in [0.05, 0.1) is 5.69 Å². The van der Waals surface area contributed by atoms with E-state index in [2.05, 4.69) is 46.4 Å². The van der Waals surface area contributed by atoms with Crippen LogP contribution < -0.4 is 0 Å². The number of imidazole rings is 1. The normalized spacial score (nSPS) is 10.8. The summed E-state index contributed by atoms with van der Waals surface area (Å²) in [5.74, 6) is 1.16. The first-order valence-corrected chi connectivity index (χ1v) is 5.69. The van der Waals surface area contributed by atoms with Gasteiger partial charge in [0, 0.05) is 13.5 Å². The van der Waals surface area contributed by atoms with Gasteiger partial charge in [-0.1, -0.05) is 20.3 Å². The minimum atomic E-state index is 1.00. The average molecular weight is 245 g/mol. The molecule has 0 aliphatic heterocycles. The van der Waals surface area contributed by atoms with Crippen LogP contribution in [0.5, 0.6) is 0 Å². The smallest absolute Gasteiger partial charge is 0.127 e. The third-order valence-corrected chi connectivity index (χ3v) is 2.98. The highest BCUT2D eigenvalue weighted by Gasteiger charge is 2.09. The fraction of sp³-hybridized carbons (Fsp3) is 0.700. The minimum absolute atomic E-state index is 1.00. The molecule has 0 radical (unpaired) electrons. The number of unbranched alkanes of at least 4 members (excludes halogenated alkanes) is 1. The highest BCUT2D eigenvalue weighted by Crippen LogP contribution is 2.19. The zero-order valence-electron chi connectivity index (χ0n) is 8.60. The lowest BCUT2D eigenvalue weighted by Gasteiger charge is -2.03. The molecule has 3 heteroatoms. The van der Waals surface area contributed by atoms with Crippen molar-refractivity contribution in [3.05, 3.63) is 16.1 Å². The number of halogens is 1. The Morgan fingerprint density at radius 2 is 2.08 bits per heavy atom. The van der Waals surface area contributed by atoms with Crippen LogP contribution in [-0.4, -0.2) is 9.55 Å². The largest absolute Gasteiger partial charge is 0.334 e. The van der Waals surface area contributed by atoms with Crippen molar-refractivity contribution in [3.8, 4) is 0 Å². The predicted molar refractivity (Wildman–Crippen MR) is 58.9 cm³/mol. The molecule has 1 aromatic heterocycles. The Morgan fingerprint density at radius 1 is 1.38 bits per heavy atom. The molecule has 0 amide bonds. The predicted octanol–water partition coefficient (Wildman–Crippen LogP) is 3.09. The van der Waals surface area contributed by atoms with E-state index in [0.717, 1.165) is 23.3 Å². The van der Waals surface area contributed by atoms with Crippen LogP contribution >= 0.6 is 15.9 Å².